The van der Waals surface area contributed by atoms with E-state index in [4.69, 9.17) is 17.3 Å². The maximum Gasteiger partial charge on any atom is 0.262 e. The molecule has 3 rings (SSSR count). The number of carbonyl (C=O) groups excluding carboxylic acids is 2. The Balaban J connectivity index is 2.37. The van der Waals surface area contributed by atoms with Gasteiger partial charge in [-0.3, -0.25) is 24.3 Å². The van der Waals surface area contributed by atoms with Crippen molar-refractivity contribution in [3.05, 3.63) is 56.1 Å². The van der Waals surface area contributed by atoms with Gasteiger partial charge in [-0.25, -0.2) is 4.39 Å². The largest absolute Gasteiger partial charge is 0.384 e. The van der Waals surface area contributed by atoms with Gasteiger partial charge in [-0.05, 0) is 24.6 Å². The Kier molecular flexibility index (Phi) is 3.03. The average molecular weight is 322 g/mol. The van der Waals surface area contributed by atoms with Crippen molar-refractivity contribution < 1.29 is 14.0 Å². The minimum absolute atomic E-state index is 0.123. The normalized spacial score (nSPS) is 13.2. The van der Waals surface area contributed by atoms with Crippen LogP contribution in [0.5, 0.6) is 0 Å². The molecule has 0 atom stereocenters. The molecular formula is C14H9ClFN3O3. The Morgan fingerprint density at radius 3 is 2.55 bits per heavy atom. The molecule has 0 fully saturated rings. The van der Waals surface area contributed by atoms with E-state index in [1.807, 2.05) is 5.32 Å². The highest BCUT2D eigenvalue weighted by atomic mass is 35.5. The van der Waals surface area contributed by atoms with E-state index in [1.165, 1.54) is 6.07 Å². The minimum Gasteiger partial charge on any atom is -0.384 e. The molecule has 0 saturated carbocycles. The third-order valence-electron chi connectivity index (χ3n) is 3.42. The number of amides is 2. The van der Waals surface area contributed by atoms with Gasteiger partial charge in [0.1, 0.15) is 11.6 Å². The molecule has 0 bridgehead atoms. The van der Waals surface area contributed by atoms with Gasteiger partial charge in [0.05, 0.1) is 16.8 Å². The van der Waals surface area contributed by atoms with Gasteiger partial charge in [-0.1, -0.05) is 11.6 Å². The first-order chi connectivity index (χ1) is 10.3. The summed E-state index contributed by atoms with van der Waals surface area (Å²) < 4.78 is 15.0. The zero-order chi connectivity index (χ0) is 16.2. The minimum atomic E-state index is -0.736. The first-order valence-electron chi connectivity index (χ1n) is 6.18. The molecule has 112 valence electrons. The molecule has 8 heteroatoms. The summed E-state index contributed by atoms with van der Waals surface area (Å²) in [5.41, 5.74) is 5.11. The number of rotatable bonds is 1. The Hall–Kier alpha value is -2.67. The molecular weight excluding hydrogens is 313 g/mol. The number of nitrogens with zero attached hydrogens (tertiary/aromatic N) is 1. The van der Waals surface area contributed by atoms with E-state index in [1.54, 1.807) is 6.92 Å². The van der Waals surface area contributed by atoms with E-state index in [0.29, 0.717) is 5.56 Å². The number of aryl methyl sites for hydroxylation is 1. The number of halogens is 2. The number of nitrogen functional groups attached to an aromatic ring is 1. The third kappa shape index (κ3) is 1.90. The van der Waals surface area contributed by atoms with Crippen LogP contribution in [0.2, 0.25) is 5.02 Å². The van der Waals surface area contributed by atoms with Gasteiger partial charge in [0.25, 0.3) is 17.4 Å². The number of nitrogens with two attached hydrogens (primary N) is 1. The molecule has 0 aliphatic carbocycles. The number of imide groups is 1. The maximum absolute atomic E-state index is 14.2. The van der Waals surface area contributed by atoms with Crippen LogP contribution in [-0.2, 0) is 0 Å². The number of fused-ring (bicyclic) bond motifs is 1. The van der Waals surface area contributed by atoms with Gasteiger partial charge in [-0.15, -0.1) is 0 Å². The van der Waals surface area contributed by atoms with Gasteiger partial charge in [0.15, 0.2) is 0 Å². The number of hydrogen-bond acceptors (Lipinski definition) is 4. The molecule has 3 N–H and O–H groups in total. The second-order valence-electron chi connectivity index (χ2n) is 4.83. The van der Waals surface area contributed by atoms with Crippen LogP contribution in [0.15, 0.2) is 23.0 Å². The van der Waals surface area contributed by atoms with Crippen LogP contribution < -0.4 is 16.6 Å². The van der Waals surface area contributed by atoms with Crippen LogP contribution in [0.4, 0.5) is 10.2 Å². The molecule has 2 heterocycles. The van der Waals surface area contributed by atoms with Crippen LogP contribution in [0, 0.1) is 12.7 Å². The van der Waals surface area contributed by atoms with Gasteiger partial charge in [-0.2, -0.15) is 0 Å². The fraction of sp³-hybridized carbons (Fsp3) is 0.0714. The van der Waals surface area contributed by atoms with Gasteiger partial charge < -0.3 is 5.73 Å². The van der Waals surface area contributed by atoms with Crippen molar-refractivity contribution >= 4 is 29.2 Å². The van der Waals surface area contributed by atoms with Crippen molar-refractivity contribution in [2.75, 3.05) is 5.73 Å². The van der Waals surface area contributed by atoms with E-state index in [9.17, 15) is 18.8 Å². The van der Waals surface area contributed by atoms with E-state index in [2.05, 4.69) is 0 Å². The topological polar surface area (TPSA) is 94.2 Å². The molecule has 1 aromatic heterocycles. The number of pyridine rings is 1. The predicted octanol–water partition coefficient (Wildman–Crippen LogP) is 1.40. The summed E-state index contributed by atoms with van der Waals surface area (Å²) >= 11 is 5.95. The summed E-state index contributed by atoms with van der Waals surface area (Å²) in [5, 5.41) is 2.27. The zero-order valence-corrected chi connectivity index (χ0v) is 12.0. The highest BCUT2D eigenvalue weighted by Crippen LogP contribution is 2.27. The second-order valence-corrected chi connectivity index (χ2v) is 5.24. The van der Waals surface area contributed by atoms with Crippen molar-refractivity contribution in [1.29, 1.82) is 0 Å². The number of aromatic nitrogens is 1. The molecule has 22 heavy (non-hydrogen) atoms. The lowest BCUT2D eigenvalue weighted by Gasteiger charge is -2.13. The summed E-state index contributed by atoms with van der Waals surface area (Å²) in [6.07, 6.45) is 0. The lowest BCUT2D eigenvalue weighted by molar-refractivity contribution is 0.0880. The van der Waals surface area contributed by atoms with Gasteiger partial charge in [0.2, 0.25) is 0 Å². The summed E-state index contributed by atoms with van der Waals surface area (Å²) in [7, 11) is 0. The van der Waals surface area contributed by atoms with E-state index >= 15 is 0 Å². The standard InChI is InChI=1S/C14H9ClFN3O3/c1-5-2-8(16)9(4-7(5)15)19-10(20)3-6-11(12(19)17)14(22)18-13(6)21/h2-4H,17H2,1H3,(H,18,21,22). The Labute approximate surface area is 128 Å². The second kappa shape index (κ2) is 4.67. The molecule has 1 aromatic carbocycles. The number of nitrogens with one attached hydrogen (secondary N) is 1. The SMILES string of the molecule is Cc1cc(F)c(-n2c(N)c3c(cc2=O)C(=O)NC3=O)cc1Cl. The molecule has 0 saturated heterocycles. The quantitative estimate of drug-likeness (QED) is 0.776. The fourth-order valence-corrected chi connectivity index (χ4v) is 2.49. The molecule has 6 nitrogen and oxygen atoms in total. The molecule has 0 spiro atoms. The monoisotopic (exact) mass is 321 g/mol. The zero-order valence-electron chi connectivity index (χ0n) is 11.2. The maximum atomic E-state index is 14.2. The van der Waals surface area contributed by atoms with Crippen LogP contribution >= 0.6 is 11.6 Å². The fourth-order valence-electron chi connectivity index (χ4n) is 2.33. The number of carbonyl (C=O) groups is 2. The number of benzene rings is 1. The van der Waals surface area contributed by atoms with Crippen molar-refractivity contribution in [1.82, 2.24) is 9.88 Å². The number of hydrogen-bond donors (Lipinski definition) is 2. The van der Waals surface area contributed by atoms with Crippen molar-refractivity contribution in [2.45, 2.75) is 6.92 Å². The van der Waals surface area contributed by atoms with Crippen molar-refractivity contribution in [3.63, 3.8) is 0 Å². The summed E-state index contributed by atoms with van der Waals surface area (Å²) in [4.78, 5) is 35.5. The predicted molar refractivity (Wildman–Crippen MR) is 78.0 cm³/mol. The summed E-state index contributed by atoms with van der Waals surface area (Å²) in [5.74, 6) is -2.48. The van der Waals surface area contributed by atoms with Crippen LogP contribution in [0.3, 0.4) is 0 Å². The summed E-state index contributed by atoms with van der Waals surface area (Å²) in [6, 6.07) is 3.34. The lowest BCUT2D eigenvalue weighted by Crippen LogP contribution is -2.24. The van der Waals surface area contributed by atoms with Crippen LogP contribution in [0.25, 0.3) is 5.69 Å². The van der Waals surface area contributed by atoms with E-state index < -0.39 is 23.2 Å². The third-order valence-corrected chi connectivity index (χ3v) is 3.83. The summed E-state index contributed by atoms with van der Waals surface area (Å²) in [6.45, 7) is 1.61. The first kappa shape index (κ1) is 14.3. The Morgan fingerprint density at radius 2 is 1.86 bits per heavy atom. The van der Waals surface area contributed by atoms with Gasteiger partial charge >= 0.3 is 0 Å². The molecule has 2 amide bonds. The smallest absolute Gasteiger partial charge is 0.262 e. The average Bonchev–Trinajstić information content (AvgIpc) is 2.70. The Bertz CT molecular complexity index is 921. The van der Waals surface area contributed by atoms with E-state index in [-0.39, 0.29) is 27.7 Å². The molecule has 0 radical (unpaired) electrons. The molecule has 1 aliphatic heterocycles. The van der Waals surface area contributed by atoms with E-state index in [0.717, 1.165) is 16.7 Å². The number of anilines is 1. The Morgan fingerprint density at radius 1 is 1.18 bits per heavy atom. The first-order valence-corrected chi connectivity index (χ1v) is 6.56. The lowest BCUT2D eigenvalue weighted by atomic mass is 10.1. The molecule has 0 unspecified atom stereocenters. The van der Waals surface area contributed by atoms with Crippen LogP contribution in [-0.4, -0.2) is 16.4 Å². The molecule has 1 aliphatic rings. The van der Waals surface area contributed by atoms with Gasteiger partial charge in [0, 0.05) is 11.1 Å². The molecule has 2 aromatic rings. The highest BCUT2D eigenvalue weighted by Gasteiger charge is 2.32. The van der Waals surface area contributed by atoms with Crippen LogP contribution in [0.1, 0.15) is 26.3 Å². The highest BCUT2D eigenvalue weighted by molar-refractivity contribution is 6.31. The van der Waals surface area contributed by atoms with Crippen molar-refractivity contribution in [3.8, 4) is 5.69 Å². The van der Waals surface area contributed by atoms with Crippen molar-refractivity contribution in [2.24, 2.45) is 0 Å².